The number of ether oxygens (including phenoxy) is 1. The maximum Gasteiger partial charge on any atom is 0.0773 e. The normalized spacial score (nSPS) is 20.1. The first kappa shape index (κ1) is 23.7. The lowest BCUT2D eigenvalue weighted by Crippen LogP contribution is -2.19. The Hall–Kier alpha value is -1.38. The van der Waals surface area contributed by atoms with Gasteiger partial charge in [0.15, 0.2) is 0 Å². The molecule has 0 radical (unpaired) electrons. The SMILES string of the molecule is CCCC(O)COCC=C(C)C=CC=C(C)C=CC1=C(C)CCCC1(C)C. The summed E-state index contributed by atoms with van der Waals surface area (Å²) in [4.78, 5) is 0. The van der Waals surface area contributed by atoms with Crippen molar-refractivity contribution in [1.82, 2.24) is 0 Å². The van der Waals surface area contributed by atoms with Crippen molar-refractivity contribution in [2.75, 3.05) is 13.2 Å². The summed E-state index contributed by atoms with van der Waals surface area (Å²) in [6.45, 7) is 14.2. The summed E-state index contributed by atoms with van der Waals surface area (Å²) in [6.07, 6.45) is 18.2. The van der Waals surface area contributed by atoms with Crippen LogP contribution in [0.4, 0.5) is 0 Å². The van der Waals surface area contributed by atoms with Crippen LogP contribution in [-0.2, 0) is 4.74 Å². The molecule has 0 aromatic rings. The standard InChI is InChI=1S/C25H40O2/c1-7-10-23(26)19-27-18-16-21(3)12-8-11-20(2)14-15-24-22(4)13-9-17-25(24,5)6/h8,11-12,14-16,23,26H,7,9-10,13,17-19H2,1-6H3. The lowest BCUT2D eigenvalue weighted by Gasteiger charge is -2.32. The Morgan fingerprint density at radius 3 is 2.63 bits per heavy atom. The van der Waals surface area contributed by atoms with Gasteiger partial charge in [-0.05, 0) is 57.4 Å². The van der Waals surface area contributed by atoms with E-state index in [0.717, 1.165) is 12.8 Å². The van der Waals surface area contributed by atoms with E-state index in [4.69, 9.17) is 4.74 Å². The molecule has 0 aromatic carbocycles. The van der Waals surface area contributed by atoms with Crippen LogP contribution >= 0.6 is 0 Å². The first-order valence-corrected chi connectivity index (χ1v) is 10.4. The molecule has 1 N–H and O–H groups in total. The zero-order chi connectivity index (χ0) is 20.3. The van der Waals surface area contributed by atoms with Crippen molar-refractivity contribution in [2.45, 2.75) is 79.8 Å². The fraction of sp³-hybridized carbons (Fsp3) is 0.600. The van der Waals surface area contributed by atoms with Crippen LogP contribution in [0.3, 0.4) is 0 Å². The average Bonchev–Trinajstić information content (AvgIpc) is 2.58. The molecular weight excluding hydrogens is 332 g/mol. The van der Waals surface area contributed by atoms with Crippen LogP contribution in [0.1, 0.15) is 73.6 Å². The lowest BCUT2D eigenvalue weighted by atomic mass is 9.72. The highest BCUT2D eigenvalue weighted by Crippen LogP contribution is 2.40. The Bertz CT molecular complexity index is 600. The molecular formula is C25H40O2. The van der Waals surface area contributed by atoms with Gasteiger partial charge in [0.05, 0.1) is 19.3 Å². The van der Waals surface area contributed by atoms with Crippen molar-refractivity contribution in [3.8, 4) is 0 Å². The van der Waals surface area contributed by atoms with E-state index in [-0.39, 0.29) is 6.10 Å². The second-order valence-corrected chi connectivity index (χ2v) is 8.46. The van der Waals surface area contributed by atoms with Crippen LogP contribution in [0.2, 0.25) is 0 Å². The van der Waals surface area contributed by atoms with Crippen molar-refractivity contribution in [1.29, 1.82) is 0 Å². The summed E-state index contributed by atoms with van der Waals surface area (Å²) < 4.78 is 5.49. The van der Waals surface area contributed by atoms with E-state index >= 15 is 0 Å². The number of aliphatic hydroxyl groups excluding tert-OH is 1. The highest BCUT2D eigenvalue weighted by atomic mass is 16.5. The minimum absolute atomic E-state index is 0.291. The highest BCUT2D eigenvalue weighted by Gasteiger charge is 2.26. The highest BCUT2D eigenvalue weighted by molar-refractivity contribution is 5.37. The van der Waals surface area contributed by atoms with Crippen molar-refractivity contribution in [3.05, 3.63) is 58.7 Å². The van der Waals surface area contributed by atoms with Crippen molar-refractivity contribution in [3.63, 3.8) is 0 Å². The van der Waals surface area contributed by atoms with Crippen LogP contribution in [0.15, 0.2) is 58.7 Å². The molecule has 1 unspecified atom stereocenters. The zero-order valence-electron chi connectivity index (χ0n) is 18.3. The quantitative estimate of drug-likeness (QED) is 0.342. The molecule has 1 atom stereocenters. The van der Waals surface area contributed by atoms with Crippen LogP contribution in [-0.4, -0.2) is 24.4 Å². The predicted octanol–water partition coefficient (Wildman–Crippen LogP) is 6.70. The van der Waals surface area contributed by atoms with E-state index in [1.807, 2.05) is 6.08 Å². The van der Waals surface area contributed by atoms with Crippen LogP contribution < -0.4 is 0 Å². The Morgan fingerprint density at radius 2 is 1.96 bits per heavy atom. The molecule has 0 aromatic heterocycles. The largest absolute Gasteiger partial charge is 0.391 e. The van der Waals surface area contributed by atoms with Gasteiger partial charge in [-0.2, -0.15) is 0 Å². The van der Waals surface area contributed by atoms with Gasteiger partial charge in [-0.25, -0.2) is 0 Å². The fourth-order valence-electron chi connectivity index (χ4n) is 3.51. The van der Waals surface area contributed by atoms with Crippen molar-refractivity contribution >= 4 is 0 Å². The van der Waals surface area contributed by atoms with E-state index in [1.165, 1.54) is 41.6 Å². The van der Waals surface area contributed by atoms with Crippen LogP contribution in [0.5, 0.6) is 0 Å². The molecule has 1 rings (SSSR count). The molecule has 2 heteroatoms. The molecule has 152 valence electrons. The fourth-order valence-corrected chi connectivity index (χ4v) is 3.51. The average molecular weight is 373 g/mol. The van der Waals surface area contributed by atoms with Gasteiger partial charge in [0.1, 0.15) is 0 Å². The van der Waals surface area contributed by atoms with E-state index in [2.05, 4.69) is 71.9 Å². The summed E-state index contributed by atoms with van der Waals surface area (Å²) in [5.41, 5.74) is 5.75. The van der Waals surface area contributed by atoms with Gasteiger partial charge in [0.25, 0.3) is 0 Å². The third kappa shape index (κ3) is 9.39. The van der Waals surface area contributed by atoms with Gasteiger partial charge in [0, 0.05) is 0 Å². The zero-order valence-corrected chi connectivity index (χ0v) is 18.3. The van der Waals surface area contributed by atoms with E-state index < -0.39 is 0 Å². The van der Waals surface area contributed by atoms with Crippen LogP contribution in [0.25, 0.3) is 0 Å². The lowest BCUT2D eigenvalue weighted by molar-refractivity contribution is 0.0441. The van der Waals surface area contributed by atoms with Gasteiger partial charge in [-0.15, -0.1) is 0 Å². The molecule has 0 heterocycles. The number of hydrogen-bond acceptors (Lipinski definition) is 2. The number of hydrogen-bond donors (Lipinski definition) is 1. The van der Waals surface area contributed by atoms with E-state index in [9.17, 15) is 5.11 Å². The molecule has 2 nitrogen and oxygen atoms in total. The number of allylic oxidation sites excluding steroid dienone is 9. The first-order valence-electron chi connectivity index (χ1n) is 10.4. The Balaban J connectivity index is 2.51. The minimum Gasteiger partial charge on any atom is -0.391 e. The molecule has 0 amide bonds. The third-order valence-electron chi connectivity index (χ3n) is 5.23. The second kappa shape index (κ2) is 12.2. The molecule has 0 fully saturated rings. The topological polar surface area (TPSA) is 29.5 Å². The summed E-state index contributed by atoms with van der Waals surface area (Å²) in [6, 6.07) is 0. The molecule has 0 aliphatic heterocycles. The second-order valence-electron chi connectivity index (χ2n) is 8.46. The summed E-state index contributed by atoms with van der Waals surface area (Å²) >= 11 is 0. The summed E-state index contributed by atoms with van der Waals surface area (Å²) in [5.74, 6) is 0. The molecule has 0 spiro atoms. The van der Waals surface area contributed by atoms with Gasteiger partial charge >= 0.3 is 0 Å². The molecule has 0 saturated heterocycles. The molecule has 1 aliphatic carbocycles. The maximum atomic E-state index is 9.63. The smallest absolute Gasteiger partial charge is 0.0773 e. The van der Waals surface area contributed by atoms with Gasteiger partial charge in [0.2, 0.25) is 0 Å². The molecule has 27 heavy (non-hydrogen) atoms. The van der Waals surface area contributed by atoms with Gasteiger partial charge in [-0.3, -0.25) is 0 Å². The predicted molar refractivity (Wildman–Crippen MR) is 118 cm³/mol. The molecule has 0 saturated carbocycles. The summed E-state index contributed by atoms with van der Waals surface area (Å²) in [7, 11) is 0. The summed E-state index contributed by atoms with van der Waals surface area (Å²) in [5, 5.41) is 9.63. The third-order valence-corrected chi connectivity index (χ3v) is 5.23. The maximum absolute atomic E-state index is 9.63. The van der Waals surface area contributed by atoms with E-state index in [0.29, 0.717) is 18.6 Å². The van der Waals surface area contributed by atoms with Gasteiger partial charge in [-0.1, -0.05) is 80.4 Å². The van der Waals surface area contributed by atoms with Crippen molar-refractivity contribution in [2.24, 2.45) is 5.41 Å². The van der Waals surface area contributed by atoms with E-state index in [1.54, 1.807) is 0 Å². The monoisotopic (exact) mass is 372 g/mol. The van der Waals surface area contributed by atoms with Gasteiger partial charge < -0.3 is 9.84 Å². The molecule has 0 bridgehead atoms. The van der Waals surface area contributed by atoms with Crippen molar-refractivity contribution < 1.29 is 9.84 Å². The number of aliphatic hydroxyl groups is 1. The number of rotatable bonds is 10. The van der Waals surface area contributed by atoms with Crippen LogP contribution in [0, 0.1) is 5.41 Å². The Labute approximate surface area is 167 Å². The molecule has 1 aliphatic rings. The Morgan fingerprint density at radius 1 is 1.22 bits per heavy atom. The Kier molecular flexibility index (Phi) is 10.6. The first-order chi connectivity index (χ1) is 12.8. The minimum atomic E-state index is -0.343.